The summed E-state index contributed by atoms with van der Waals surface area (Å²) in [5, 5.41) is 8.21. The molecule has 0 atom stereocenters. The van der Waals surface area contributed by atoms with E-state index in [0.717, 1.165) is 6.20 Å². The topological polar surface area (TPSA) is 63.3 Å². The van der Waals surface area contributed by atoms with Gasteiger partial charge in [0.2, 0.25) is 0 Å². The van der Waals surface area contributed by atoms with Gasteiger partial charge in [-0.3, -0.25) is 0 Å². The molecule has 54 valence electrons. The number of carbonyl (C=O) groups is 1. The summed E-state index contributed by atoms with van der Waals surface area (Å²) >= 11 is 0. The van der Waals surface area contributed by atoms with Gasteiger partial charge in [-0.1, -0.05) is 0 Å². The zero-order valence-corrected chi connectivity index (χ0v) is 4.87. The van der Waals surface area contributed by atoms with E-state index in [1.807, 2.05) is 0 Å². The molecule has 0 aliphatic rings. The first-order valence-electron chi connectivity index (χ1n) is 2.48. The van der Waals surface area contributed by atoms with Gasteiger partial charge in [-0.05, 0) is 0 Å². The van der Waals surface area contributed by atoms with Crippen LogP contribution in [0, 0.1) is 0 Å². The number of oxazole rings is 1. The van der Waals surface area contributed by atoms with Crippen LogP contribution in [0.4, 0.5) is 4.39 Å². The lowest BCUT2D eigenvalue weighted by Gasteiger charge is -1.81. The van der Waals surface area contributed by atoms with E-state index in [9.17, 15) is 9.18 Å². The molecule has 0 aromatic carbocycles. The highest BCUT2D eigenvalue weighted by molar-refractivity contribution is 5.81. The highest BCUT2D eigenvalue weighted by Gasteiger charge is 2.09. The van der Waals surface area contributed by atoms with Crippen LogP contribution in [0.15, 0.2) is 10.6 Å². The summed E-state index contributed by atoms with van der Waals surface area (Å²) < 4.78 is 16.1. The molecule has 0 aliphatic heterocycles. The van der Waals surface area contributed by atoms with Gasteiger partial charge in [0.15, 0.2) is 5.76 Å². The van der Waals surface area contributed by atoms with Gasteiger partial charge in [-0.25, -0.2) is 14.2 Å². The molecule has 1 N–H and O–H groups in total. The van der Waals surface area contributed by atoms with Crippen molar-refractivity contribution < 1.29 is 18.7 Å². The monoisotopic (exact) mass is 145 g/mol. The number of rotatable bonds is 2. The molecule has 1 aromatic rings. The second kappa shape index (κ2) is 2.47. The Kier molecular flexibility index (Phi) is 1.66. The van der Waals surface area contributed by atoms with Crippen molar-refractivity contribution in [1.82, 2.24) is 4.98 Å². The van der Waals surface area contributed by atoms with Crippen molar-refractivity contribution in [3.63, 3.8) is 0 Å². The number of hydrogen-bond donors (Lipinski definition) is 1. The van der Waals surface area contributed by atoms with Crippen molar-refractivity contribution in [2.75, 3.05) is 0 Å². The van der Waals surface area contributed by atoms with Gasteiger partial charge in [0.05, 0.1) is 6.20 Å². The molecule has 1 aromatic heterocycles. The van der Waals surface area contributed by atoms with E-state index in [1.165, 1.54) is 0 Å². The van der Waals surface area contributed by atoms with Gasteiger partial charge < -0.3 is 9.52 Å². The summed E-state index contributed by atoms with van der Waals surface area (Å²) in [4.78, 5) is 13.3. The van der Waals surface area contributed by atoms with Crippen LogP contribution in [0.3, 0.4) is 0 Å². The minimum atomic E-state index is -1.29. The third-order valence-corrected chi connectivity index (χ3v) is 0.868. The maximum Gasteiger partial charge on any atom is 0.392 e. The molecule has 0 fully saturated rings. The van der Waals surface area contributed by atoms with Crippen LogP contribution >= 0.6 is 0 Å². The summed E-state index contributed by atoms with van der Waals surface area (Å²) in [6, 6.07) is 0. The minimum Gasteiger partial charge on any atom is -0.474 e. The maximum absolute atomic E-state index is 11.7. The number of carboxylic acid groups (broad SMARTS) is 1. The molecule has 4 nitrogen and oxygen atoms in total. The molecule has 10 heavy (non-hydrogen) atoms. The Labute approximate surface area is 55.3 Å². The van der Waals surface area contributed by atoms with E-state index in [-0.39, 0.29) is 5.76 Å². The molecule has 0 bridgehead atoms. The first-order valence-corrected chi connectivity index (χ1v) is 2.48. The zero-order chi connectivity index (χ0) is 7.56. The highest BCUT2D eigenvalue weighted by atomic mass is 19.1. The van der Waals surface area contributed by atoms with Crippen LogP contribution in [0.1, 0.15) is 16.4 Å². The summed E-state index contributed by atoms with van der Waals surface area (Å²) in [6.07, 6.45) is 1.05. The first-order chi connectivity index (χ1) is 4.74. The number of hydrogen-bond acceptors (Lipinski definition) is 3. The number of alkyl halides is 1. The van der Waals surface area contributed by atoms with E-state index in [1.54, 1.807) is 0 Å². The van der Waals surface area contributed by atoms with Crippen molar-refractivity contribution >= 4 is 5.97 Å². The average Bonchev–Trinajstić information content (AvgIpc) is 2.34. The van der Waals surface area contributed by atoms with E-state index < -0.39 is 18.5 Å². The Hall–Kier alpha value is -1.39. The SMILES string of the molecule is O=C(O)c1ncc(CF)o1. The molecule has 1 rings (SSSR count). The Morgan fingerprint density at radius 3 is 2.90 bits per heavy atom. The first kappa shape index (κ1) is 6.73. The molecular weight excluding hydrogens is 141 g/mol. The second-order valence-electron chi connectivity index (χ2n) is 1.57. The molecule has 0 saturated carbocycles. The molecule has 0 saturated heterocycles. The van der Waals surface area contributed by atoms with Crippen molar-refractivity contribution in [2.24, 2.45) is 0 Å². The summed E-state index contributed by atoms with van der Waals surface area (Å²) in [6.45, 7) is -0.833. The predicted molar refractivity (Wildman–Crippen MR) is 28.3 cm³/mol. The maximum atomic E-state index is 11.7. The molecule has 0 aliphatic carbocycles. The predicted octanol–water partition coefficient (Wildman–Crippen LogP) is 0.842. The lowest BCUT2D eigenvalue weighted by Crippen LogP contribution is -1.94. The second-order valence-corrected chi connectivity index (χ2v) is 1.57. The number of nitrogens with zero attached hydrogens (tertiary/aromatic N) is 1. The molecule has 1 heterocycles. The molecule has 0 spiro atoms. The number of halogens is 1. The van der Waals surface area contributed by atoms with Crippen LogP contribution in [0.5, 0.6) is 0 Å². The van der Waals surface area contributed by atoms with Crippen LogP contribution < -0.4 is 0 Å². The van der Waals surface area contributed by atoms with Crippen molar-refractivity contribution in [2.45, 2.75) is 6.67 Å². The standard InChI is InChI=1S/C5H4FNO3/c6-1-3-2-7-4(10-3)5(8)9/h2H,1H2,(H,8,9). The molecular formula is C5H4FNO3. The quantitative estimate of drug-likeness (QED) is 0.669. The smallest absolute Gasteiger partial charge is 0.392 e. The fourth-order valence-electron chi connectivity index (χ4n) is 0.468. The van der Waals surface area contributed by atoms with Crippen molar-refractivity contribution in [3.05, 3.63) is 17.8 Å². The minimum absolute atomic E-state index is 0.0719. The van der Waals surface area contributed by atoms with E-state index in [0.29, 0.717) is 0 Å². The van der Waals surface area contributed by atoms with E-state index >= 15 is 0 Å². The molecule has 0 unspecified atom stereocenters. The van der Waals surface area contributed by atoms with Gasteiger partial charge in [-0.2, -0.15) is 0 Å². The summed E-state index contributed by atoms with van der Waals surface area (Å²) in [5.41, 5.74) is 0. The fourth-order valence-corrected chi connectivity index (χ4v) is 0.468. The zero-order valence-electron chi connectivity index (χ0n) is 4.87. The molecule has 0 amide bonds. The number of aromatic nitrogens is 1. The molecule has 0 radical (unpaired) electrons. The lowest BCUT2D eigenvalue weighted by atomic mass is 10.6. The largest absolute Gasteiger partial charge is 0.474 e. The van der Waals surface area contributed by atoms with Crippen LogP contribution in [0.2, 0.25) is 0 Å². The van der Waals surface area contributed by atoms with Crippen molar-refractivity contribution in [3.8, 4) is 0 Å². The van der Waals surface area contributed by atoms with Gasteiger partial charge in [-0.15, -0.1) is 0 Å². The average molecular weight is 145 g/mol. The Balaban J connectivity index is 2.88. The third-order valence-electron chi connectivity index (χ3n) is 0.868. The van der Waals surface area contributed by atoms with Gasteiger partial charge in [0.1, 0.15) is 6.67 Å². The van der Waals surface area contributed by atoms with Crippen LogP contribution in [0.25, 0.3) is 0 Å². The summed E-state index contributed by atoms with van der Waals surface area (Å²) in [5.74, 6) is -1.84. The number of carboxylic acids is 1. The Morgan fingerprint density at radius 2 is 2.60 bits per heavy atom. The van der Waals surface area contributed by atoms with Crippen LogP contribution in [-0.2, 0) is 6.67 Å². The van der Waals surface area contributed by atoms with Crippen LogP contribution in [-0.4, -0.2) is 16.1 Å². The third kappa shape index (κ3) is 1.12. The lowest BCUT2D eigenvalue weighted by molar-refractivity contribution is 0.0650. The normalized spacial score (nSPS) is 9.70. The van der Waals surface area contributed by atoms with Gasteiger partial charge in [0, 0.05) is 0 Å². The fraction of sp³-hybridized carbons (Fsp3) is 0.200. The van der Waals surface area contributed by atoms with Gasteiger partial charge in [0.25, 0.3) is 0 Å². The highest BCUT2D eigenvalue weighted by Crippen LogP contribution is 2.03. The van der Waals surface area contributed by atoms with Crippen molar-refractivity contribution in [1.29, 1.82) is 0 Å². The summed E-state index contributed by atoms with van der Waals surface area (Å²) in [7, 11) is 0. The Bertz CT molecular complexity index is 245. The van der Waals surface area contributed by atoms with Gasteiger partial charge >= 0.3 is 11.9 Å². The Morgan fingerprint density at radius 1 is 1.90 bits per heavy atom. The number of aromatic carboxylic acids is 1. The molecule has 5 heteroatoms. The van der Waals surface area contributed by atoms with E-state index in [4.69, 9.17) is 5.11 Å². The van der Waals surface area contributed by atoms with E-state index in [2.05, 4.69) is 9.40 Å².